The zero-order valence-corrected chi connectivity index (χ0v) is 12.5. The van der Waals surface area contributed by atoms with Crippen LogP contribution in [0.1, 0.15) is 6.42 Å². The number of nitrogens with zero attached hydrogens (tertiary/aromatic N) is 1. The molecule has 1 heterocycles. The van der Waals surface area contributed by atoms with Crippen LogP contribution in [0, 0.1) is 5.92 Å². The molecule has 1 saturated heterocycles. The molecule has 1 aliphatic heterocycles. The molecule has 3 rings (SSSR count). The Balaban J connectivity index is 1.79. The number of anilines is 1. The largest absolute Gasteiger partial charge is 0.457 e. The Bertz CT molecular complexity index is 630. The summed E-state index contributed by atoms with van der Waals surface area (Å²) in [5.41, 5.74) is 0.887. The minimum Gasteiger partial charge on any atom is -0.457 e. The second-order valence-electron chi connectivity index (χ2n) is 5.17. The third kappa shape index (κ3) is 3.22. The maximum Gasteiger partial charge on any atom is 0.227 e. The zero-order valence-electron chi connectivity index (χ0n) is 11.6. The Morgan fingerprint density at radius 2 is 1.86 bits per heavy atom. The quantitative estimate of drug-likeness (QED) is 0.871. The van der Waals surface area contributed by atoms with Crippen molar-refractivity contribution in [2.45, 2.75) is 6.42 Å². The monoisotopic (exact) mass is 299 g/mol. The maximum atomic E-state index is 12.1. The number of ether oxygens (including phenoxy) is 1. The Hall–Kier alpha value is -1.94. The van der Waals surface area contributed by atoms with Crippen molar-refractivity contribution < 1.29 is 9.53 Å². The van der Waals surface area contributed by atoms with Gasteiger partial charge in [-0.25, -0.2) is 0 Å². The second-order valence-corrected chi connectivity index (χ2v) is 5.53. The van der Waals surface area contributed by atoms with Gasteiger partial charge in [-0.3, -0.25) is 4.79 Å². The Morgan fingerprint density at radius 3 is 2.57 bits per heavy atom. The minimum atomic E-state index is 0.158. The van der Waals surface area contributed by atoms with Crippen LogP contribution in [0.15, 0.2) is 54.6 Å². The molecule has 0 N–H and O–H groups in total. The van der Waals surface area contributed by atoms with Gasteiger partial charge in [0.05, 0.1) is 0 Å². The van der Waals surface area contributed by atoms with E-state index in [1.807, 2.05) is 59.5 Å². The Morgan fingerprint density at radius 1 is 1.10 bits per heavy atom. The summed E-state index contributed by atoms with van der Waals surface area (Å²) in [5.74, 6) is 2.75. The van der Waals surface area contributed by atoms with Gasteiger partial charge in [-0.2, -0.15) is 12.6 Å². The highest BCUT2D eigenvalue weighted by Crippen LogP contribution is 2.30. The number of hydrogen-bond acceptors (Lipinski definition) is 3. The molecule has 0 radical (unpaired) electrons. The van der Waals surface area contributed by atoms with Crippen molar-refractivity contribution >= 4 is 24.2 Å². The van der Waals surface area contributed by atoms with Gasteiger partial charge in [-0.15, -0.1) is 0 Å². The van der Waals surface area contributed by atoms with E-state index < -0.39 is 0 Å². The van der Waals surface area contributed by atoms with Crippen molar-refractivity contribution in [1.29, 1.82) is 0 Å². The van der Waals surface area contributed by atoms with Gasteiger partial charge in [-0.05, 0) is 35.9 Å². The first-order chi connectivity index (χ1) is 10.3. The highest BCUT2D eigenvalue weighted by atomic mass is 32.1. The SMILES string of the molecule is O=C1CC(CS)CN1c1cccc(Oc2ccccc2)c1. The van der Waals surface area contributed by atoms with Crippen molar-refractivity contribution in [2.75, 3.05) is 17.2 Å². The maximum absolute atomic E-state index is 12.1. The first kappa shape index (κ1) is 14.0. The molecule has 21 heavy (non-hydrogen) atoms. The van der Waals surface area contributed by atoms with E-state index in [0.29, 0.717) is 12.3 Å². The van der Waals surface area contributed by atoms with Crippen LogP contribution in [0.4, 0.5) is 5.69 Å². The molecule has 0 aromatic heterocycles. The van der Waals surface area contributed by atoms with Gasteiger partial charge in [-0.1, -0.05) is 24.3 Å². The number of benzene rings is 2. The number of para-hydroxylation sites is 1. The predicted octanol–water partition coefficient (Wildman–Crippen LogP) is 3.76. The lowest BCUT2D eigenvalue weighted by molar-refractivity contribution is -0.117. The molecule has 1 aliphatic rings. The van der Waals surface area contributed by atoms with E-state index in [9.17, 15) is 4.79 Å². The highest BCUT2D eigenvalue weighted by molar-refractivity contribution is 7.80. The number of rotatable bonds is 4. The number of thiol groups is 1. The van der Waals surface area contributed by atoms with Gasteiger partial charge >= 0.3 is 0 Å². The van der Waals surface area contributed by atoms with Crippen LogP contribution in [-0.4, -0.2) is 18.2 Å². The van der Waals surface area contributed by atoms with Gasteiger partial charge in [0.25, 0.3) is 0 Å². The Labute approximate surface area is 129 Å². The van der Waals surface area contributed by atoms with E-state index in [4.69, 9.17) is 4.74 Å². The van der Waals surface area contributed by atoms with Crippen LogP contribution < -0.4 is 9.64 Å². The number of carbonyl (C=O) groups is 1. The molecule has 4 heteroatoms. The van der Waals surface area contributed by atoms with Crippen molar-refractivity contribution in [3.05, 3.63) is 54.6 Å². The molecule has 0 aliphatic carbocycles. The fraction of sp³-hybridized carbons (Fsp3) is 0.235. The molecule has 108 valence electrons. The van der Waals surface area contributed by atoms with Crippen LogP contribution >= 0.6 is 12.6 Å². The van der Waals surface area contributed by atoms with Gasteiger partial charge in [0, 0.05) is 24.7 Å². The summed E-state index contributed by atoms with van der Waals surface area (Å²) in [7, 11) is 0. The fourth-order valence-electron chi connectivity index (χ4n) is 2.49. The summed E-state index contributed by atoms with van der Waals surface area (Å²) in [6, 6.07) is 17.3. The third-order valence-corrected chi connectivity index (χ3v) is 4.09. The number of carbonyl (C=O) groups excluding carboxylic acids is 1. The van der Waals surface area contributed by atoms with Crippen LogP contribution in [0.2, 0.25) is 0 Å². The normalized spacial score (nSPS) is 18.0. The van der Waals surface area contributed by atoms with Crippen molar-refractivity contribution in [3.63, 3.8) is 0 Å². The minimum absolute atomic E-state index is 0.158. The van der Waals surface area contributed by atoms with Gasteiger partial charge in [0.1, 0.15) is 11.5 Å². The summed E-state index contributed by atoms with van der Waals surface area (Å²) in [6.45, 7) is 0.733. The summed E-state index contributed by atoms with van der Waals surface area (Å²) in [4.78, 5) is 13.9. The summed E-state index contributed by atoms with van der Waals surface area (Å²) >= 11 is 4.29. The standard InChI is InChI=1S/C17H17NO2S/c19-17-9-13(12-21)11-18(17)14-5-4-8-16(10-14)20-15-6-2-1-3-7-15/h1-8,10,13,21H,9,11-12H2. The lowest BCUT2D eigenvalue weighted by Crippen LogP contribution is -2.24. The molecule has 1 amide bonds. The first-order valence-electron chi connectivity index (χ1n) is 7.00. The fourth-order valence-corrected chi connectivity index (χ4v) is 2.74. The summed E-state index contributed by atoms with van der Waals surface area (Å²) in [5, 5.41) is 0. The lowest BCUT2D eigenvalue weighted by Gasteiger charge is -2.17. The van der Waals surface area contributed by atoms with Crippen LogP contribution in [0.3, 0.4) is 0 Å². The van der Waals surface area contributed by atoms with Crippen molar-refractivity contribution in [1.82, 2.24) is 0 Å². The topological polar surface area (TPSA) is 29.5 Å². The molecular weight excluding hydrogens is 282 g/mol. The Kier molecular flexibility index (Phi) is 4.15. The van der Waals surface area contributed by atoms with E-state index in [2.05, 4.69) is 12.6 Å². The lowest BCUT2D eigenvalue weighted by atomic mass is 10.1. The summed E-state index contributed by atoms with van der Waals surface area (Å²) in [6.07, 6.45) is 0.577. The molecule has 0 bridgehead atoms. The molecule has 1 atom stereocenters. The van der Waals surface area contributed by atoms with E-state index in [-0.39, 0.29) is 5.91 Å². The average molecular weight is 299 g/mol. The van der Waals surface area contributed by atoms with Crippen molar-refractivity contribution in [2.24, 2.45) is 5.92 Å². The second kappa shape index (κ2) is 6.22. The smallest absolute Gasteiger partial charge is 0.227 e. The number of amides is 1. The molecule has 2 aromatic carbocycles. The van der Waals surface area contributed by atoms with Crippen LogP contribution in [0.5, 0.6) is 11.5 Å². The molecule has 1 unspecified atom stereocenters. The van der Waals surface area contributed by atoms with Crippen molar-refractivity contribution in [3.8, 4) is 11.5 Å². The third-order valence-electron chi connectivity index (χ3n) is 3.57. The average Bonchev–Trinajstić information content (AvgIpc) is 2.90. The highest BCUT2D eigenvalue weighted by Gasteiger charge is 2.29. The molecule has 2 aromatic rings. The van der Waals surface area contributed by atoms with E-state index in [1.54, 1.807) is 0 Å². The van der Waals surface area contributed by atoms with Crippen LogP contribution in [-0.2, 0) is 4.79 Å². The van der Waals surface area contributed by atoms with Gasteiger partial charge < -0.3 is 9.64 Å². The summed E-state index contributed by atoms with van der Waals surface area (Å²) < 4.78 is 5.81. The molecule has 0 saturated carbocycles. The molecular formula is C17H17NO2S. The predicted molar refractivity (Wildman–Crippen MR) is 87.3 cm³/mol. The van der Waals surface area contributed by atoms with E-state index >= 15 is 0 Å². The molecule has 1 fully saturated rings. The van der Waals surface area contributed by atoms with E-state index in [0.717, 1.165) is 29.5 Å². The first-order valence-corrected chi connectivity index (χ1v) is 7.63. The zero-order chi connectivity index (χ0) is 14.7. The van der Waals surface area contributed by atoms with Gasteiger partial charge in [0.15, 0.2) is 0 Å². The van der Waals surface area contributed by atoms with Crippen LogP contribution in [0.25, 0.3) is 0 Å². The molecule has 3 nitrogen and oxygen atoms in total. The number of hydrogen-bond donors (Lipinski definition) is 1. The van der Waals surface area contributed by atoms with Gasteiger partial charge in [0.2, 0.25) is 5.91 Å². The molecule has 0 spiro atoms. The van der Waals surface area contributed by atoms with E-state index in [1.165, 1.54) is 0 Å².